The Labute approximate surface area is 190 Å². The number of amides is 3. The monoisotopic (exact) mass is 467 g/mol. The van der Waals surface area contributed by atoms with Crippen molar-refractivity contribution in [3.05, 3.63) is 59.8 Å². The molecule has 2 N–H and O–H groups in total. The quantitative estimate of drug-likeness (QED) is 0.278. The Morgan fingerprint density at radius 3 is 2.45 bits per heavy atom. The Balaban J connectivity index is 2.39. The summed E-state index contributed by atoms with van der Waals surface area (Å²) in [5.41, 5.74) is 1.05. The predicted octanol–water partition coefficient (Wildman–Crippen LogP) is 3.23. The van der Waals surface area contributed by atoms with Crippen molar-refractivity contribution in [2.45, 2.75) is 20.0 Å². The number of nitrogens with zero attached hydrogens (tertiary/aromatic N) is 4. The largest absolute Gasteiger partial charge is 0.433 e. The van der Waals surface area contributed by atoms with Crippen LogP contribution in [-0.2, 0) is 11.0 Å². The lowest BCUT2D eigenvalue weighted by atomic mass is 10.1. The predicted molar refractivity (Wildman–Crippen MR) is 118 cm³/mol. The van der Waals surface area contributed by atoms with Gasteiger partial charge >= 0.3 is 12.2 Å². The van der Waals surface area contributed by atoms with Crippen molar-refractivity contribution in [2.75, 3.05) is 44.2 Å². The Hall–Kier alpha value is -3.18. The number of alkyl halides is 3. The van der Waals surface area contributed by atoms with E-state index in [1.807, 2.05) is 6.92 Å². The van der Waals surface area contributed by atoms with Gasteiger partial charge in [0.2, 0.25) is 0 Å². The zero-order valence-electron chi connectivity index (χ0n) is 18.6. The number of aromatic nitrogens is 1. The lowest BCUT2D eigenvalue weighted by Crippen LogP contribution is -2.53. The highest BCUT2D eigenvalue weighted by molar-refractivity contribution is 5.93. The van der Waals surface area contributed by atoms with Crippen LogP contribution in [0.15, 0.2) is 54.2 Å². The van der Waals surface area contributed by atoms with Gasteiger partial charge in [0.1, 0.15) is 11.5 Å². The smallest absolute Gasteiger partial charge is 0.322 e. The standard InChI is InChI=1S/C22H28F3N5O3/c1-4-17(10-9-16(3)20(31)27-33)15-30(19-8-6-7-18(26-19)22(23,24)25)21(32)29-13-11-28(5-2)12-14-29/h4,6-10,33H,1,5,11-15H2,2-3H3,(H,27,31)/b16-9+,17-10+. The molecule has 0 unspecified atom stereocenters. The maximum Gasteiger partial charge on any atom is 0.433 e. The maximum absolute atomic E-state index is 13.3. The molecule has 1 aliphatic heterocycles. The van der Waals surface area contributed by atoms with Gasteiger partial charge in [-0.05, 0) is 31.2 Å². The highest BCUT2D eigenvalue weighted by atomic mass is 19.4. The van der Waals surface area contributed by atoms with E-state index in [9.17, 15) is 22.8 Å². The molecule has 3 amide bonds. The summed E-state index contributed by atoms with van der Waals surface area (Å²) in [4.78, 5) is 33.4. The zero-order chi connectivity index (χ0) is 24.6. The first-order chi connectivity index (χ1) is 15.6. The Morgan fingerprint density at radius 2 is 1.91 bits per heavy atom. The third-order valence-corrected chi connectivity index (χ3v) is 5.23. The first-order valence-electron chi connectivity index (χ1n) is 10.4. The molecule has 0 saturated carbocycles. The first-order valence-corrected chi connectivity index (χ1v) is 10.4. The van der Waals surface area contributed by atoms with Crippen molar-refractivity contribution in [1.82, 2.24) is 20.3 Å². The zero-order valence-corrected chi connectivity index (χ0v) is 18.6. The molecular formula is C22H28F3N5O3. The number of carbonyl (C=O) groups excluding carboxylic acids is 2. The summed E-state index contributed by atoms with van der Waals surface area (Å²) < 4.78 is 39.7. The second-order valence-corrected chi connectivity index (χ2v) is 7.41. The fourth-order valence-electron chi connectivity index (χ4n) is 3.17. The van der Waals surface area contributed by atoms with Gasteiger partial charge in [-0.25, -0.2) is 15.3 Å². The summed E-state index contributed by atoms with van der Waals surface area (Å²) >= 11 is 0. The highest BCUT2D eigenvalue weighted by Gasteiger charge is 2.34. The number of halogens is 3. The number of likely N-dealkylation sites (N-methyl/N-ethyl adjacent to an activating group) is 1. The number of nitrogens with one attached hydrogen (secondary N) is 1. The molecule has 1 saturated heterocycles. The average Bonchev–Trinajstić information content (AvgIpc) is 2.82. The molecule has 2 rings (SSSR count). The van der Waals surface area contributed by atoms with Crippen LogP contribution in [0.2, 0.25) is 0 Å². The first kappa shape index (κ1) is 26.1. The topological polar surface area (TPSA) is 89.0 Å². The molecule has 1 aromatic heterocycles. The van der Waals surface area contributed by atoms with Crippen LogP contribution in [0.1, 0.15) is 19.5 Å². The third kappa shape index (κ3) is 7.16. The van der Waals surface area contributed by atoms with Crippen LogP contribution < -0.4 is 10.4 Å². The second-order valence-electron chi connectivity index (χ2n) is 7.41. The highest BCUT2D eigenvalue weighted by Crippen LogP contribution is 2.29. The van der Waals surface area contributed by atoms with Gasteiger partial charge in [0.05, 0.1) is 6.54 Å². The Bertz CT molecular complexity index is 922. The SMILES string of the molecule is C=C/C(=C\C=C(/C)C(=O)NO)CN(C(=O)N1CCN(CC)CC1)c1cccc(C(F)(F)F)n1. The number of carbonyl (C=O) groups is 2. The minimum Gasteiger partial charge on any atom is -0.322 e. The van der Waals surface area contributed by atoms with Crippen molar-refractivity contribution in [2.24, 2.45) is 0 Å². The molecule has 180 valence electrons. The Morgan fingerprint density at radius 1 is 1.24 bits per heavy atom. The molecule has 2 heterocycles. The Kier molecular flexibility index (Phi) is 9.18. The minimum atomic E-state index is -4.66. The van der Waals surface area contributed by atoms with Crippen molar-refractivity contribution in [3.63, 3.8) is 0 Å². The van der Waals surface area contributed by atoms with E-state index in [0.29, 0.717) is 31.8 Å². The summed E-state index contributed by atoms with van der Waals surface area (Å²) in [6, 6.07) is 2.92. The number of urea groups is 1. The summed E-state index contributed by atoms with van der Waals surface area (Å²) in [7, 11) is 0. The van der Waals surface area contributed by atoms with Gasteiger partial charge in [0, 0.05) is 31.8 Å². The van der Waals surface area contributed by atoms with Crippen molar-refractivity contribution < 1.29 is 28.0 Å². The fourth-order valence-corrected chi connectivity index (χ4v) is 3.17. The van der Waals surface area contributed by atoms with E-state index in [4.69, 9.17) is 5.21 Å². The van der Waals surface area contributed by atoms with Crippen LogP contribution in [-0.4, -0.2) is 71.2 Å². The molecule has 8 nitrogen and oxygen atoms in total. The molecule has 0 spiro atoms. The third-order valence-electron chi connectivity index (χ3n) is 5.23. The maximum atomic E-state index is 13.3. The fraction of sp³-hybridized carbons (Fsp3) is 0.409. The lowest BCUT2D eigenvalue weighted by Gasteiger charge is -2.37. The van der Waals surface area contributed by atoms with Crippen LogP contribution >= 0.6 is 0 Å². The average molecular weight is 467 g/mol. The molecule has 11 heteroatoms. The summed E-state index contributed by atoms with van der Waals surface area (Å²) in [6.45, 7) is 10.1. The summed E-state index contributed by atoms with van der Waals surface area (Å²) in [5, 5.41) is 8.72. The van der Waals surface area contributed by atoms with Gasteiger partial charge in [0.15, 0.2) is 0 Å². The summed E-state index contributed by atoms with van der Waals surface area (Å²) in [5.74, 6) is -0.856. The van der Waals surface area contributed by atoms with Gasteiger partial charge in [-0.3, -0.25) is 14.9 Å². The van der Waals surface area contributed by atoms with Crippen LogP contribution in [0.5, 0.6) is 0 Å². The van der Waals surface area contributed by atoms with E-state index in [2.05, 4.69) is 16.5 Å². The molecule has 0 aromatic carbocycles. The number of allylic oxidation sites excluding steroid dienone is 2. The van der Waals surface area contributed by atoms with Crippen LogP contribution in [0.4, 0.5) is 23.8 Å². The molecule has 0 radical (unpaired) electrons. The number of pyridine rings is 1. The van der Waals surface area contributed by atoms with Gasteiger partial charge in [-0.1, -0.05) is 37.8 Å². The molecule has 1 fully saturated rings. The molecule has 0 aliphatic carbocycles. The van der Waals surface area contributed by atoms with Crippen LogP contribution in [0.25, 0.3) is 0 Å². The molecule has 0 atom stereocenters. The number of hydrogen-bond acceptors (Lipinski definition) is 5. The van der Waals surface area contributed by atoms with E-state index in [1.54, 1.807) is 4.90 Å². The van der Waals surface area contributed by atoms with Crippen molar-refractivity contribution in [3.8, 4) is 0 Å². The molecule has 0 bridgehead atoms. The number of rotatable bonds is 7. The molecule has 1 aromatic rings. The van der Waals surface area contributed by atoms with E-state index < -0.39 is 23.8 Å². The molecule has 1 aliphatic rings. The molecule has 33 heavy (non-hydrogen) atoms. The van der Waals surface area contributed by atoms with Crippen LogP contribution in [0.3, 0.4) is 0 Å². The van der Waals surface area contributed by atoms with Crippen molar-refractivity contribution in [1.29, 1.82) is 0 Å². The number of piperazine rings is 1. The number of hydrogen-bond donors (Lipinski definition) is 2. The van der Waals surface area contributed by atoms with Crippen LogP contribution in [0, 0.1) is 0 Å². The second kappa shape index (κ2) is 11.6. The van der Waals surface area contributed by atoms with E-state index in [-0.39, 0.29) is 17.9 Å². The number of anilines is 1. The van der Waals surface area contributed by atoms with Gasteiger partial charge < -0.3 is 9.80 Å². The van der Waals surface area contributed by atoms with Crippen molar-refractivity contribution >= 4 is 17.8 Å². The van der Waals surface area contributed by atoms with Gasteiger partial charge in [-0.2, -0.15) is 13.2 Å². The minimum absolute atomic E-state index is 0.116. The van der Waals surface area contributed by atoms with E-state index in [1.165, 1.54) is 47.7 Å². The normalized spacial score (nSPS) is 15.9. The van der Waals surface area contributed by atoms with E-state index in [0.717, 1.165) is 12.6 Å². The van der Waals surface area contributed by atoms with Gasteiger partial charge in [-0.15, -0.1) is 0 Å². The summed E-state index contributed by atoms with van der Waals surface area (Å²) in [6.07, 6.45) is -0.319. The van der Waals surface area contributed by atoms with Gasteiger partial charge in [0.25, 0.3) is 5.91 Å². The molecular weight excluding hydrogens is 439 g/mol. The lowest BCUT2D eigenvalue weighted by molar-refractivity contribution is -0.141. The van der Waals surface area contributed by atoms with E-state index >= 15 is 0 Å². The number of hydroxylamine groups is 1.